The summed E-state index contributed by atoms with van der Waals surface area (Å²) in [4.78, 5) is 14.4. The minimum absolute atomic E-state index is 0.157. The molecule has 110 valence electrons. The van der Waals surface area contributed by atoms with Crippen LogP contribution < -0.4 is 4.74 Å². The maximum Gasteiger partial charge on any atom is 0.176 e. The predicted octanol–water partition coefficient (Wildman–Crippen LogP) is 2.38. The van der Waals surface area contributed by atoms with E-state index in [-0.39, 0.29) is 11.9 Å². The molecule has 0 N–H and O–H groups in total. The molecule has 1 saturated heterocycles. The van der Waals surface area contributed by atoms with E-state index < -0.39 is 0 Å². The second-order valence-corrected chi connectivity index (χ2v) is 5.02. The molecule has 20 heavy (non-hydrogen) atoms. The van der Waals surface area contributed by atoms with Crippen LogP contribution >= 0.6 is 0 Å². The van der Waals surface area contributed by atoms with E-state index in [1.54, 1.807) is 0 Å². The summed E-state index contributed by atoms with van der Waals surface area (Å²) >= 11 is 0. The number of hydrogen-bond acceptors (Lipinski definition) is 4. The number of benzene rings is 1. The summed E-state index contributed by atoms with van der Waals surface area (Å²) in [5.74, 6) is 0.964. The van der Waals surface area contributed by atoms with E-state index in [0.29, 0.717) is 13.2 Å². The van der Waals surface area contributed by atoms with Crippen molar-refractivity contribution in [3.8, 4) is 5.75 Å². The molecular weight excluding hydrogens is 254 g/mol. The molecule has 2 rings (SSSR count). The third-order valence-corrected chi connectivity index (χ3v) is 3.53. The van der Waals surface area contributed by atoms with Crippen molar-refractivity contribution in [1.82, 2.24) is 4.90 Å². The molecule has 0 radical (unpaired) electrons. The Morgan fingerprint density at radius 1 is 1.35 bits per heavy atom. The van der Waals surface area contributed by atoms with Crippen molar-refractivity contribution in [3.63, 3.8) is 0 Å². The SMILES string of the molecule is CCOc1ccc(C(=O)CN2CCOC(CC)C2)cc1. The highest BCUT2D eigenvalue weighted by Gasteiger charge is 2.21. The Balaban J connectivity index is 1.90. The van der Waals surface area contributed by atoms with Gasteiger partial charge < -0.3 is 9.47 Å². The molecule has 4 nitrogen and oxygen atoms in total. The molecule has 1 heterocycles. The summed E-state index contributed by atoms with van der Waals surface area (Å²) in [6.45, 7) is 7.56. The van der Waals surface area contributed by atoms with E-state index in [4.69, 9.17) is 9.47 Å². The largest absolute Gasteiger partial charge is 0.494 e. The lowest BCUT2D eigenvalue weighted by atomic mass is 10.1. The molecule has 0 amide bonds. The van der Waals surface area contributed by atoms with Gasteiger partial charge in [-0.1, -0.05) is 6.92 Å². The number of rotatable bonds is 6. The first-order chi connectivity index (χ1) is 9.72. The van der Waals surface area contributed by atoms with Gasteiger partial charge in [-0.15, -0.1) is 0 Å². The van der Waals surface area contributed by atoms with Gasteiger partial charge in [-0.25, -0.2) is 0 Å². The Morgan fingerprint density at radius 2 is 2.10 bits per heavy atom. The molecule has 0 aliphatic carbocycles. The maximum absolute atomic E-state index is 12.3. The van der Waals surface area contributed by atoms with Gasteiger partial charge in [0.15, 0.2) is 5.78 Å². The molecule has 1 atom stereocenters. The third kappa shape index (κ3) is 4.05. The van der Waals surface area contributed by atoms with Crippen molar-refractivity contribution in [3.05, 3.63) is 29.8 Å². The molecule has 1 aliphatic rings. The van der Waals surface area contributed by atoms with Crippen molar-refractivity contribution in [2.24, 2.45) is 0 Å². The number of carbonyl (C=O) groups is 1. The van der Waals surface area contributed by atoms with Crippen molar-refractivity contribution in [1.29, 1.82) is 0 Å². The summed E-state index contributed by atoms with van der Waals surface area (Å²) in [5, 5.41) is 0. The highest BCUT2D eigenvalue weighted by molar-refractivity contribution is 5.97. The summed E-state index contributed by atoms with van der Waals surface area (Å²) in [6, 6.07) is 7.38. The molecule has 1 aromatic rings. The van der Waals surface area contributed by atoms with E-state index in [9.17, 15) is 4.79 Å². The fraction of sp³-hybridized carbons (Fsp3) is 0.562. The third-order valence-electron chi connectivity index (χ3n) is 3.53. The molecule has 1 aliphatic heterocycles. The Bertz CT molecular complexity index is 430. The van der Waals surface area contributed by atoms with Crippen LogP contribution in [0.4, 0.5) is 0 Å². The second-order valence-electron chi connectivity index (χ2n) is 5.02. The van der Waals surface area contributed by atoms with Crippen molar-refractivity contribution >= 4 is 5.78 Å². The summed E-state index contributed by atoms with van der Waals surface area (Å²) in [6.07, 6.45) is 1.25. The number of Topliss-reactive ketones (excluding diaryl/α,β-unsaturated/α-hetero) is 1. The van der Waals surface area contributed by atoms with Crippen molar-refractivity contribution in [2.75, 3.05) is 32.8 Å². The van der Waals surface area contributed by atoms with E-state index in [2.05, 4.69) is 11.8 Å². The molecule has 4 heteroatoms. The Kier molecular flexibility index (Phi) is 5.56. The van der Waals surface area contributed by atoms with Crippen LogP contribution in [0, 0.1) is 0 Å². The average Bonchev–Trinajstić information content (AvgIpc) is 2.48. The fourth-order valence-electron chi connectivity index (χ4n) is 2.37. The quantitative estimate of drug-likeness (QED) is 0.748. The van der Waals surface area contributed by atoms with Gasteiger partial charge in [-0.3, -0.25) is 9.69 Å². The minimum Gasteiger partial charge on any atom is -0.494 e. The molecule has 1 unspecified atom stereocenters. The Morgan fingerprint density at radius 3 is 2.75 bits per heavy atom. The number of nitrogens with zero attached hydrogens (tertiary/aromatic N) is 1. The van der Waals surface area contributed by atoms with Crippen LogP contribution in [0.15, 0.2) is 24.3 Å². The van der Waals surface area contributed by atoms with Crippen LogP contribution in [0.1, 0.15) is 30.6 Å². The van der Waals surface area contributed by atoms with Gasteiger partial charge in [0.25, 0.3) is 0 Å². The zero-order valence-electron chi connectivity index (χ0n) is 12.3. The summed E-state index contributed by atoms with van der Waals surface area (Å²) < 4.78 is 11.0. The molecule has 0 spiro atoms. The van der Waals surface area contributed by atoms with Crippen LogP contribution in [0.3, 0.4) is 0 Å². The molecule has 1 fully saturated rings. The number of ether oxygens (including phenoxy) is 2. The first kappa shape index (κ1) is 15.0. The lowest BCUT2D eigenvalue weighted by Gasteiger charge is -2.31. The van der Waals surface area contributed by atoms with Crippen LogP contribution in [0.2, 0.25) is 0 Å². The number of ketones is 1. The van der Waals surface area contributed by atoms with Crippen molar-refractivity contribution in [2.45, 2.75) is 26.4 Å². The summed E-state index contributed by atoms with van der Waals surface area (Å²) in [7, 11) is 0. The van der Waals surface area contributed by atoms with E-state index >= 15 is 0 Å². The van der Waals surface area contributed by atoms with E-state index in [0.717, 1.165) is 37.4 Å². The normalized spacial score (nSPS) is 19.8. The van der Waals surface area contributed by atoms with Crippen LogP contribution in [0.25, 0.3) is 0 Å². The maximum atomic E-state index is 12.3. The van der Waals surface area contributed by atoms with Crippen LogP contribution in [-0.4, -0.2) is 49.6 Å². The van der Waals surface area contributed by atoms with Gasteiger partial charge in [-0.05, 0) is 37.6 Å². The Hall–Kier alpha value is -1.39. The van der Waals surface area contributed by atoms with Crippen molar-refractivity contribution < 1.29 is 14.3 Å². The highest BCUT2D eigenvalue weighted by Crippen LogP contribution is 2.14. The molecule has 0 bridgehead atoms. The minimum atomic E-state index is 0.157. The van der Waals surface area contributed by atoms with E-state index in [1.165, 1.54) is 0 Å². The average molecular weight is 277 g/mol. The molecule has 0 saturated carbocycles. The number of hydrogen-bond donors (Lipinski definition) is 0. The number of carbonyl (C=O) groups excluding carboxylic acids is 1. The smallest absolute Gasteiger partial charge is 0.176 e. The van der Waals surface area contributed by atoms with Gasteiger partial charge >= 0.3 is 0 Å². The second kappa shape index (κ2) is 7.41. The lowest BCUT2D eigenvalue weighted by molar-refractivity contribution is -0.0271. The Labute approximate surface area is 120 Å². The van der Waals surface area contributed by atoms with Gasteiger partial charge in [0.1, 0.15) is 5.75 Å². The van der Waals surface area contributed by atoms with E-state index in [1.807, 2.05) is 31.2 Å². The zero-order chi connectivity index (χ0) is 14.4. The first-order valence-electron chi connectivity index (χ1n) is 7.33. The predicted molar refractivity (Wildman–Crippen MR) is 78.4 cm³/mol. The standard InChI is InChI=1S/C16H23NO3/c1-3-14-11-17(9-10-20-14)12-16(18)13-5-7-15(8-6-13)19-4-2/h5-8,14H,3-4,9-12H2,1-2H3. The molecular formula is C16H23NO3. The fourth-order valence-corrected chi connectivity index (χ4v) is 2.37. The summed E-state index contributed by atoms with van der Waals surface area (Å²) in [5.41, 5.74) is 0.744. The zero-order valence-corrected chi connectivity index (χ0v) is 12.3. The van der Waals surface area contributed by atoms with Crippen LogP contribution in [0.5, 0.6) is 5.75 Å². The van der Waals surface area contributed by atoms with Gasteiger partial charge in [0.05, 0.1) is 25.9 Å². The molecule has 1 aromatic carbocycles. The highest BCUT2D eigenvalue weighted by atomic mass is 16.5. The van der Waals surface area contributed by atoms with Gasteiger partial charge in [-0.2, -0.15) is 0 Å². The first-order valence-corrected chi connectivity index (χ1v) is 7.33. The molecule has 0 aromatic heterocycles. The van der Waals surface area contributed by atoms with Gasteiger partial charge in [0, 0.05) is 18.7 Å². The monoisotopic (exact) mass is 277 g/mol. The number of morpholine rings is 1. The topological polar surface area (TPSA) is 38.8 Å². The lowest BCUT2D eigenvalue weighted by Crippen LogP contribution is -2.44. The van der Waals surface area contributed by atoms with Gasteiger partial charge in [0.2, 0.25) is 0 Å². The van der Waals surface area contributed by atoms with Crippen LogP contribution in [-0.2, 0) is 4.74 Å².